The zero-order valence-electron chi connectivity index (χ0n) is 19.5. The van der Waals surface area contributed by atoms with E-state index in [2.05, 4.69) is 11.4 Å². The molecule has 0 unspecified atom stereocenters. The average molecular weight is 479 g/mol. The van der Waals surface area contributed by atoms with Crippen molar-refractivity contribution in [3.63, 3.8) is 0 Å². The van der Waals surface area contributed by atoms with Crippen molar-refractivity contribution in [1.82, 2.24) is 9.62 Å². The number of carbonyl (C=O) groups excluding carboxylic acids is 1. The van der Waals surface area contributed by atoms with Crippen molar-refractivity contribution in [2.24, 2.45) is 0 Å². The van der Waals surface area contributed by atoms with E-state index in [-0.39, 0.29) is 29.9 Å². The molecule has 6 nitrogen and oxygen atoms in total. The molecule has 4 rings (SSSR count). The second-order valence-corrected chi connectivity index (χ2v) is 10.5. The summed E-state index contributed by atoms with van der Waals surface area (Å²) in [5.74, 6) is 0.300. The molecule has 3 aromatic rings. The highest BCUT2D eigenvalue weighted by molar-refractivity contribution is 7.89. The highest BCUT2D eigenvalue weighted by atomic mass is 32.2. The molecule has 1 amide bonds. The molecule has 3 aromatic carbocycles. The first-order valence-electron chi connectivity index (χ1n) is 11.4. The molecule has 7 heteroatoms. The second kappa shape index (κ2) is 10.4. The van der Waals surface area contributed by atoms with Gasteiger partial charge in [-0.3, -0.25) is 4.79 Å². The minimum atomic E-state index is -3.93. The van der Waals surface area contributed by atoms with Crippen molar-refractivity contribution in [2.75, 3.05) is 13.7 Å². The number of hydrogen-bond donors (Lipinski definition) is 1. The summed E-state index contributed by atoms with van der Waals surface area (Å²) in [6.07, 6.45) is 2.82. The van der Waals surface area contributed by atoms with Crippen LogP contribution >= 0.6 is 0 Å². The third-order valence-corrected chi connectivity index (χ3v) is 8.02. The average Bonchev–Trinajstić information content (AvgIpc) is 2.84. The molecular weight excluding hydrogens is 448 g/mol. The number of amides is 1. The monoisotopic (exact) mass is 478 g/mol. The lowest BCUT2D eigenvalue weighted by Gasteiger charge is -2.28. The largest absolute Gasteiger partial charge is 0.496 e. The van der Waals surface area contributed by atoms with E-state index in [1.54, 1.807) is 26.2 Å². The van der Waals surface area contributed by atoms with Gasteiger partial charge in [0.25, 0.3) is 0 Å². The van der Waals surface area contributed by atoms with Gasteiger partial charge in [0.1, 0.15) is 5.75 Å². The molecular formula is C27H30N2O4S. The molecule has 0 bridgehead atoms. The van der Waals surface area contributed by atoms with Crippen LogP contribution in [0.5, 0.6) is 5.75 Å². The first-order valence-corrected chi connectivity index (χ1v) is 12.9. The first kappa shape index (κ1) is 24.0. The van der Waals surface area contributed by atoms with E-state index in [0.29, 0.717) is 11.3 Å². The van der Waals surface area contributed by atoms with E-state index in [0.717, 1.165) is 30.4 Å². The van der Waals surface area contributed by atoms with Gasteiger partial charge in [-0.2, -0.15) is 4.31 Å². The van der Waals surface area contributed by atoms with Crippen molar-refractivity contribution in [3.8, 4) is 5.75 Å². The summed E-state index contributed by atoms with van der Waals surface area (Å²) < 4.78 is 33.8. The van der Waals surface area contributed by atoms with Crippen molar-refractivity contribution in [1.29, 1.82) is 0 Å². The van der Waals surface area contributed by atoms with Gasteiger partial charge in [0.05, 0.1) is 24.6 Å². The molecule has 0 fully saturated rings. The normalized spacial score (nSPS) is 15.6. The van der Waals surface area contributed by atoms with E-state index in [4.69, 9.17) is 4.74 Å². The van der Waals surface area contributed by atoms with Gasteiger partial charge < -0.3 is 10.1 Å². The van der Waals surface area contributed by atoms with E-state index in [9.17, 15) is 13.2 Å². The van der Waals surface area contributed by atoms with E-state index in [1.807, 2.05) is 48.5 Å². The molecule has 1 aliphatic carbocycles. The van der Waals surface area contributed by atoms with Crippen LogP contribution in [-0.4, -0.2) is 32.3 Å². The molecule has 0 aromatic heterocycles. The van der Waals surface area contributed by atoms with Crippen LogP contribution < -0.4 is 10.1 Å². The van der Waals surface area contributed by atoms with Crippen LogP contribution in [0.3, 0.4) is 0 Å². The molecule has 0 aliphatic heterocycles. The molecule has 0 heterocycles. The zero-order chi connectivity index (χ0) is 24.1. The summed E-state index contributed by atoms with van der Waals surface area (Å²) in [6.45, 7) is 1.64. The Bertz CT molecular complexity index is 1260. The van der Waals surface area contributed by atoms with E-state index < -0.39 is 10.0 Å². The van der Waals surface area contributed by atoms with Crippen LogP contribution in [0.4, 0.5) is 0 Å². The molecule has 0 saturated heterocycles. The maximum atomic E-state index is 13.6. The summed E-state index contributed by atoms with van der Waals surface area (Å²) in [7, 11) is -2.38. The molecule has 1 aliphatic rings. The van der Waals surface area contributed by atoms with Gasteiger partial charge in [-0.25, -0.2) is 8.42 Å². The lowest BCUT2D eigenvalue weighted by molar-refractivity contribution is -0.122. The maximum absolute atomic E-state index is 13.6. The SMILES string of the molecule is COc1ccc(S(=O)(=O)N(CC(=O)N[C@H]2CCCc3ccccc32)Cc2ccccc2)cc1C. The van der Waals surface area contributed by atoms with Crippen LogP contribution in [0.1, 0.15) is 41.1 Å². The molecule has 1 N–H and O–H groups in total. The van der Waals surface area contributed by atoms with Crippen molar-refractivity contribution >= 4 is 15.9 Å². The highest BCUT2D eigenvalue weighted by Crippen LogP contribution is 2.30. The van der Waals surface area contributed by atoms with E-state index in [1.165, 1.54) is 15.9 Å². The van der Waals surface area contributed by atoms with Crippen molar-refractivity contribution in [3.05, 3.63) is 95.1 Å². The van der Waals surface area contributed by atoms with Gasteiger partial charge in [-0.05, 0) is 66.6 Å². The number of carbonyl (C=O) groups is 1. The standard InChI is InChI=1S/C27H30N2O4S/c1-20-17-23(15-16-26(20)33-2)34(31,32)29(18-21-9-4-3-5-10-21)19-27(30)28-25-14-8-12-22-11-6-7-13-24(22)25/h3-7,9-11,13,15-17,25H,8,12,14,18-19H2,1-2H3,(H,28,30)/t25-/m0/s1. The van der Waals surface area contributed by atoms with E-state index >= 15 is 0 Å². The maximum Gasteiger partial charge on any atom is 0.243 e. The number of rotatable bonds is 8. The quantitative estimate of drug-likeness (QED) is 0.521. The predicted octanol–water partition coefficient (Wildman–Crippen LogP) is 4.39. The Kier molecular flexibility index (Phi) is 7.34. The van der Waals surface area contributed by atoms with Crippen LogP contribution in [0, 0.1) is 6.92 Å². The van der Waals surface area contributed by atoms with Gasteiger partial charge in [0.15, 0.2) is 0 Å². The van der Waals surface area contributed by atoms with Crippen molar-refractivity contribution < 1.29 is 17.9 Å². The first-order chi connectivity index (χ1) is 16.4. The van der Waals surface area contributed by atoms with Gasteiger partial charge >= 0.3 is 0 Å². The Labute approximate surface area is 201 Å². The molecule has 1 atom stereocenters. The number of sulfonamides is 1. The lowest BCUT2D eigenvalue weighted by atomic mass is 9.88. The fourth-order valence-electron chi connectivity index (χ4n) is 4.48. The summed E-state index contributed by atoms with van der Waals surface area (Å²) >= 11 is 0. The number of hydrogen-bond acceptors (Lipinski definition) is 4. The molecule has 178 valence electrons. The van der Waals surface area contributed by atoms with Crippen LogP contribution in [-0.2, 0) is 27.8 Å². The zero-order valence-corrected chi connectivity index (χ0v) is 20.3. The number of ether oxygens (including phenoxy) is 1. The third-order valence-electron chi connectivity index (χ3n) is 6.23. The Morgan fingerprint density at radius 3 is 2.53 bits per heavy atom. The van der Waals surface area contributed by atoms with Gasteiger partial charge in [0.2, 0.25) is 15.9 Å². The number of benzene rings is 3. The Hall–Kier alpha value is -3.16. The molecule has 0 saturated carbocycles. The molecule has 34 heavy (non-hydrogen) atoms. The van der Waals surface area contributed by atoms with Gasteiger partial charge in [-0.15, -0.1) is 0 Å². The van der Waals surface area contributed by atoms with Crippen LogP contribution in [0.2, 0.25) is 0 Å². The second-order valence-electron chi connectivity index (χ2n) is 8.60. The van der Waals surface area contributed by atoms with Crippen LogP contribution in [0.15, 0.2) is 77.7 Å². The number of fused-ring (bicyclic) bond motifs is 1. The van der Waals surface area contributed by atoms with Crippen molar-refractivity contribution in [2.45, 2.75) is 43.7 Å². The summed E-state index contributed by atoms with van der Waals surface area (Å²) in [5.41, 5.74) is 3.88. The summed E-state index contributed by atoms with van der Waals surface area (Å²) in [4.78, 5) is 13.3. The fraction of sp³-hybridized carbons (Fsp3) is 0.296. The summed E-state index contributed by atoms with van der Waals surface area (Å²) in [5, 5.41) is 3.08. The fourth-order valence-corrected chi connectivity index (χ4v) is 5.95. The number of aryl methyl sites for hydroxylation is 2. The summed E-state index contributed by atoms with van der Waals surface area (Å²) in [6, 6.07) is 22.1. The minimum Gasteiger partial charge on any atom is -0.496 e. The molecule has 0 radical (unpaired) electrons. The Balaban J connectivity index is 1.59. The van der Waals surface area contributed by atoms with Gasteiger partial charge in [-0.1, -0.05) is 54.6 Å². The third kappa shape index (κ3) is 5.32. The van der Waals surface area contributed by atoms with Gasteiger partial charge in [0, 0.05) is 6.54 Å². The van der Waals surface area contributed by atoms with Crippen LogP contribution in [0.25, 0.3) is 0 Å². The highest BCUT2D eigenvalue weighted by Gasteiger charge is 2.29. The topological polar surface area (TPSA) is 75.7 Å². The number of nitrogens with one attached hydrogen (secondary N) is 1. The predicted molar refractivity (Wildman–Crippen MR) is 132 cm³/mol. The minimum absolute atomic E-state index is 0.100. The number of nitrogens with zero attached hydrogens (tertiary/aromatic N) is 1. The Morgan fingerprint density at radius 2 is 1.79 bits per heavy atom. The Morgan fingerprint density at radius 1 is 1.06 bits per heavy atom. The lowest BCUT2D eigenvalue weighted by Crippen LogP contribution is -2.42. The smallest absolute Gasteiger partial charge is 0.243 e. The number of methoxy groups -OCH3 is 1. The molecule has 0 spiro atoms.